The van der Waals surface area contributed by atoms with Crippen LogP contribution in [0.3, 0.4) is 0 Å². The van der Waals surface area contributed by atoms with Crippen molar-refractivity contribution < 1.29 is 9.53 Å². The predicted octanol–water partition coefficient (Wildman–Crippen LogP) is 3.81. The molecule has 0 heterocycles. The maximum atomic E-state index is 11.3. The van der Waals surface area contributed by atoms with Gasteiger partial charge in [0.05, 0.1) is 6.61 Å². The Bertz CT molecular complexity index is 361. The van der Waals surface area contributed by atoms with E-state index in [-0.39, 0.29) is 5.78 Å². The standard InChI is InChI=1S/C10H10Br2O2/c1-3-14-7-4-8(6(2)13)10(12)9(11)5-7/h4-5H,3H2,1-2H3. The molecule has 0 aliphatic rings. The lowest BCUT2D eigenvalue weighted by atomic mass is 10.1. The van der Waals surface area contributed by atoms with E-state index >= 15 is 0 Å². The van der Waals surface area contributed by atoms with E-state index in [9.17, 15) is 4.79 Å². The summed E-state index contributed by atoms with van der Waals surface area (Å²) in [6, 6.07) is 3.57. The Morgan fingerprint density at radius 2 is 2.07 bits per heavy atom. The highest BCUT2D eigenvalue weighted by Gasteiger charge is 2.10. The van der Waals surface area contributed by atoms with Crippen LogP contribution in [0.2, 0.25) is 0 Å². The molecule has 2 nitrogen and oxygen atoms in total. The van der Waals surface area contributed by atoms with Crippen molar-refractivity contribution in [2.45, 2.75) is 13.8 Å². The first-order valence-corrected chi connectivity index (χ1v) is 5.77. The molecule has 0 bridgehead atoms. The normalized spacial score (nSPS) is 10.0. The minimum atomic E-state index is 0.0131. The molecule has 14 heavy (non-hydrogen) atoms. The van der Waals surface area contributed by atoms with Crippen LogP contribution >= 0.6 is 31.9 Å². The van der Waals surface area contributed by atoms with Gasteiger partial charge in [0.15, 0.2) is 5.78 Å². The topological polar surface area (TPSA) is 26.3 Å². The summed E-state index contributed by atoms with van der Waals surface area (Å²) in [7, 11) is 0. The number of carbonyl (C=O) groups is 1. The molecule has 0 unspecified atom stereocenters. The van der Waals surface area contributed by atoms with Crippen LogP contribution in [0.4, 0.5) is 0 Å². The van der Waals surface area contributed by atoms with Crippen molar-refractivity contribution in [3.8, 4) is 5.75 Å². The van der Waals surface area contributed by atoms with Crippen LogP contribution < -0.4 is 4.74 Å². The molecule has 0 saturated carbocycles. The summed E-state index contributed by atoms with van der Waals surface area (Å²) in [5.41, 5.74) is 0.628. The Hall–Kier alpha value is -0.350. The van der Waals surface area contributed by atoms with Crippen LogP contribution in [0, 0.1) is 0 Å². The number of halogens is 2. The molecule has 1 rings (SSSR count). The number of Topliss-reactive ketones (excluding diaryl/α,β-unsaturated/α-hetero) is 1. The average molecular weight is 322 g/mol. The Kier molecular flexibility index (Phi) is 4.13. The fourth-order valence-corrected chi connectivity index (χ4v) is 2.02. The van der Waals surface area contributed by atoms with Crippen molar-refractivity contribution in [2.24, 2.45) is 0 Å². The zero-order chi connectivity index (χ0) is 10.7. The second kappa shape index (κ2) is 4.94. The summed E-state index contributed by atoms with van der Waals surface area (Å²) in [6.45, 7) is 4.02. The summed E-state index contributed by atoms with van der Waals surface area (Å²) in [4.78, 5) is 11.3. The second-order valence-electron chi connectivity index (χ2n) is 2.76. The highest BCUT2D eigenvalue weighted by Crippen LogP contribution is 2.31. The average Bonchev–Trinajstić information content (AvgIpc) is 2.11. The smallest absolute Gasteiger partial charge is 0.161 e. The molecular formula is C10H10Br2O2. The highest BCUT2D eigenvalue weighted by atomic mass is 79.9. The molecule has 0 N–H and O–H groups in total. The number of ketones is 1. The molecule has 0 spiro atoms. The zero-order valence-corrected chi connectivity index (χ0v) is 11.1. The van der Waals surface area contributed by atoms with Crippen molar-refractivity contribution in [3.63, 3.8) is 0 Å². The van der Waals surface area contributed by atoms with Gasteiger partial charge in [0, 0.05) is 14.5 Å². The van der Waals surface area contributed by atoms with Crippen molar-refractivity contribution in [3.05, 3.63) is 26.6 Å². The van der Waals surface area contributed by atoms with E-state index in [2.05, 4.69) is 31.9 Å². The van der Waals surface area contributed by atoms with E-state index in [0.29, 0.717) is 17.9 Å². The summed E-state index contributed by atoms with van der Waals surface area (Å²) < 4.78 is 6.93. The number of carbonyl (C=O) groups excluding carboxylic acids is 1. The number of ether oxygens (including phenoxy) is 1. The molecule has 0 fully saturated rings. The van der Waals surface area contributed by atoms with Crippen LogP contribution in [0.15, 0.2) is 21.1 Å². The first-order valence-electron chi connectivity index (χ1n) is 4.19. The number of rotatable bonds is 3. The highest BCUT2D eigenvalue weighted by molar-refractivity contribution is 9.13. The van der Waals surface area contributed by atoms with E-state index < -0.39 is 0 Å². The molecule has 76 valence electrons. The monoisotopic (exact) mass is 320 g/mol. The number of benzene rings is 1. The van der Waals surface area contributed by atoms with Crippen LogP contribution in [0.1, 0.15) is 24.2 Å². The molecule has 0 atom stereocenters. The van der Waals surface area contributed by atoms with Gasteiger partial charge in [0.1, 0.15) is 5.75 Å². The van der Waals surface area contributed by atoms with E-state index in [1.165, 1.54) is 6.92 Å². The Morgan fingerprint density at radius 1 is 1.43 bits per heavy atom. The Balaban J connectivity index is 3.21. The third kappa shape index (κ3) is 2.58. The SMILES string of the molecule is CCOc1cc(Br)c(Br)c(C(C)=O)c1. The van der Waals surface area contributed by atoms with E-state index in [4.69, 9.17) is 4.74 Å². The fourth-order valence-electron chi connectivity index (χ4n) is 1.07. The third-order valence-electron chi connectivity index (χ3n) is 1.69. The molecular weight excluding hydrogens is 312 g/mol. The first-order chi connectivity index (χ1) is 6.56. The van der Waals surface area contributed by atoms with Crippen molar-refractivity contribution >= 4 is 37.6 Å². The van der Waals surface area contributed by atoms with Gasteiger partial charge in [-0.15, -0.1) is 0 Å². The largest absolute Gasteiger partial charge is 0.494 e. The van der Waals surface area contributed by atoms with Gasteiger partial charge < -0.3 is 4.74 Å². The van der Waals surface area contributed by atoms with Crippen LogP contribution in [0.5, 0.6) is 5.75 Å². The van der Waals surface area contributed by atoms with Gasteiger partial charge in [-0.2, -0.15) is 0 Å². The van der Waals surface area contributed by atoms with Gasteiger partial charge in [0.2, 0.25) is 0 Å². The Morgan fingerprint density at radius 3 is 2.57 bits per heavy atom. The van der Waals surface area contributed by atoms with E-state index in [1.54, 1.807) is 6.07 Å². The lowest BCUT2D eigenvalue weighted by Crippen LogP contribution is -1.98. The second-order valence-corrected chi connectivity index (χ2v) is 4.40. The van der Waals surface area contributed by atoms with Gasteiger partial charge in [0.25, 0.3) is 0 Å². The first kappa shape index (κ1) is 11.7. The maximum Gasteiger partial charge on any atom is 0.161 e. The zero-order valence-electron chi connectivity index (χ0n) is 7.93. The van der Waals surface area contributed by atoms with Crippen LogP contribution in [-0.2, 0) is 0 Å². The van der Waals surface area contributed by atoms with Gasteiger partial charge in [-0.05, 0) is 57.8 Å². The van der Waals surface area contributed by atoms with Crippen molar-refractivity contribution in [2.75, 3.05) is 6.61 Å². The summed E-state index contributed by atoms with van der Waals surface area (Å²) >= 11 is 6.70. The van der Waals surface area contributed by atoms with Gasteiger partial charge >= 0.3 is 0 Å². The maximum absolute atomic E-state index is 11.3. The molecule has 1 aromatic rings. The van der Waals surface area contributed by atoms with Gasteiger partial charge in [-0.3, -0.25) is 4.79 Å². The molecule has 4 heteroatoms. The van der Waals surface area contributed by atoms with Crippen molar-refractivity contribution in [1.82, 2.24) is 0 Å². The molecule has 0 aromatic heterocycles. The quantitative estimate of drug-likeness (QED) is 0.791. The number of hydrogen-bond acceptors (Lipinski definition) is 2. The molecule has 0 saturated heterocycles. The lowest BCUT2D eigenvalue weighted by Gasteiger charge is -2.08. The van der Waals surface area contributed by atoms with Gasteiger partial charge in [-0.1, -0.05) is 0 Å². The molecule has 1 aromatic carbocycles. The molecule has 0 aliphatic carbocycles. The predicted molar refractivity (Wildman–Crippen MR) is 63.0 cm³/mol. The van der Waals surface area contributed by atoms with Crippen molar-refractivity contribution in [1.29, 1.82) is 0 Å². The van der Waals surface area contributed by atoms with Crippen LogP contribution in [-0.4, -0.2) is 12.4 Å². The third-order valence-corrected chi connectivity index (χ3v) is 3.70. The minimum absolute atomic E-state index is 0.0131. The Labute approximate surface area is 99.9 Å². The minimum Gasteiger partial charge on any atom is -0.494 e. The summed E-state index contributed by atoms with van der Waals surface area (Å²) in [6.07, 6.45) is 0. The summed E-state index contributed by atoms with van der Waals surface area (Å²) in [5.74, 6) is 0.715. The summed E-state index contributed by atoms with van der Waals surface area (Å²) in [5, 5.41) is 0. The van der Waals surface area contributed by atoms with Crippen LogP contribution in [0.25, 0.3) is 0 Å². The lowest BCUT2D eigenvalue weighted by molar-refractivity contribution is 0.101. The number of hydrogen-bond donors (Lipinski definition) is 0. The van der Waals surface area contributed by atoms with E-state index in [1.807, 2.05) is 13.0 Å². The van der Waals surface area contributed by atoms with E-state index in [0.717, 1.165) is 8.95 Å². The molecule has 0 aliphatic heterocycles. The van der Waals surface area contributed by atoms with Gasteiger partial charge in [-0.25, -0.2) is 0 Å². The fraction of sp³-hybridized carbons (Fsp3) is 0.300. The molecule has 0 amide bonds. The molecule has 0 radical (unpaired) electrons.